The predicted molar refractivity (Wildman–Crippen MR) is 87.8 cm³/mol. The van der Waals surface area contributed by atoms with Gasteiger partial charge in [0.25, 0.3) is 0 Å². The van der Waals surface area contributed by atoms with Crippen LogP contribution in [-0.4, -0.2) is 46.0 Å². The van der Waals surface area contributed by atoms with Crippen molar-refractivity contribution in [2.75, 3.05) is 7.05 Å². The molecule has 1 aliphatic carbocycles. The van der Waals surface area contributed by atoms with Crippen molar-refractivity contribution in [1.82, 2.24) is 15.3 Å². The highest BCUT2D eigenvalue weighted by molar-refractivity contribution is 6.08. The van der Waals surface area contributed by atoms with Crippen LogP contribution in [0.3, 0.4) is 0 Å². The van der Waals surface area contributed by atoms with E-state index in [1.165, 1.54) is 6.42 Å². The number of benzene rings is 1. The van der Waals surface area contributed by atoms with Gasteiger partial charge >= 0.3 is 0 Å². The van der Waals surface area contributed by atoms with E-state index in [0.717, 1.165) is 31.2 Å². The molecule has 0 radical (unpaired) electrons. The van der Waals surface area contributed by atoms with Crippen molar-refractivity contribution in [3.63, 3.8) is 0 Å². The number of rotatable bonds is 2. The normalized spacial score (nSPS) is 31.7. The molecular weight excluding hydrogens is 306 g/mol. The molecule has 2 N–H and O–H groups in total. The molecule has 24 heavy (non-hydrogen) atoms. The number of fused-ring (bicyclic) bond motifs is 1. The van der Waals surface area contributed by atoms with Crippen LogP contribution in [-0.2, 0) is 9.59 Å². The first-order chi connectivity index (χ1) is 11.6. The van der Waals surface area contributed by atoms with Crippen LogP contribution in [0.25, 0.3) is 0 Å². The third kappa shape index (κ3) is 2.32. The molecule has 2 amide bonds. The second kappa shape index (κ2) is 5.86. The van der Waals surface area contributed by atoms with Crippen LogP contribution in [0.2, 0.25) is 0 Å². The van der Waals surface area contributed by atoms with Crippen LogP contribution in [0.1, 0.15) is 43.7 Å². The molecule has 3 atom stereocenters. The van der Waals surface area contributed by atoms with E-state index in [1.54, 1.807) is 22.0 Å². The SMILES string of the molecule is CN1N[C@H](c2ccc(O)cc2)[C@@H]2C(=O)N(C3CCCCC3)C(=O)[C@@H]21. The highest BCUT2D eigenvalue weighted by Crippen LogP contribution is 2.41. The molecule has 2 saturated heterocycles. The zero-order valence-corrected chi connectivity index (χ0v) is 13.8. The number of carbonyl (C=O) groups is 2. The van der Waals surface area contributed by atoms with Crippen molar-refractivity contribution in [3.05, 3.63) is 29.8 Å². The zero-order chi connectivity index (χ0) is 16.8. The van der Waals surface area contributed by atoms with E-state index in [2.05, 4.69) is 5.43 Å². The summed E-state index contributed by atoms with van der Waals surface area (Å²) in [6.07, 6.45) is 5.23. The number of likely N-dealkylation sites (tertiary alicyclic amines) is 1. The third-order valence-corrected chi connectivity index (χ3v) is 5.66. The summed E-state index contributed by atoms with van der Waals surface area (Å²) in [7, 11) is 1.83. The number of hydrogen-bond donors (Lipinski definition) is 2. The number of carbonyl (C=O) groups excluding carboxylic acids is 2. The molecule has 3 aliphatic rings. The Morgan fingerprint density at radius 2 is 1.71 bits per heavy atom. The number of nitrogens with zero attached hydrogens (tertiary/aromatic N) is 2. The van der Waals surface area contributed by atoms with Gasteiger partial charge in [-0.15, -0.1) is 0 Å². The minimum absolute atomic E-state index is 0.0492. The lowest BCUT2D eigenvalue weighted by molar-refractivity contribution is -0.144. The summed E-state index contributed by atoms with van der Waals surface area (Å²) >= 11 is 0. The molecule has 6 heteroatoms. The van der Waals surface area contributed by atoms with Gasteiger partial charge in [-0.3, -0.25) is 14.5 Å². The van der Waals surface area contributed by atoms with Gasteiger partial charge in [-0.1, -0.05) is 31.4 Å². The Balaban J connectivity index is 1.64. The van der Waals surface area contributed by atoms with E-state index in [9.17, 15) is 14.7 Å². The number of imide groups is 1. The summed E-state index contributed by atoms with van der Waals surface area (Å²) in [5, 5.41) is 11.3. The maximum absolute atomic E-state index is 13.1. The highest BCUT2D eigenvalue weighted by atomic mass is 16.3. The van der Waals surface area contributed by atoms with Gasteiger partial charge in [-0.05, 0) is 30.5 Å². The Bertz CT molecular complexity index is 654. The van der Waals surface area contributed by atoms with Crippen molar-refractivity contribution in [2.24, 2.45) is 5.92 Å². The lowest BCUT2D eigenvalue weighted by Crippen LogP contribution is -2.47. The number of hydrazine groups is 1. The molecule has 0 aromatic heterocycles. The monoisotopic (exact) mass is 329 g/mol. The van der Waals surface area contributed by atoms with Crippen LogP contribution < -0.4 is 5.43 Å². The number of amides is 2. The summed E-state index contributed by atoms with van der Waals surface area (Å²) in [6.45, 7) is 0. The maximum Gasteiger partial charge on any atom is 0.249 e. The van der Waals surface area contributed by atoms with Gasteiger partial charge in [0, 0.05) is 13.1 Å². The fourth-order valence-electron chi connectivity index (χ4n) is 4.47. The van der Waals surface area contributed by atoms with E-state index in [0.29, 0.717) is 0 Å². The average molecular weight is 329 g/mol. The van der Waals surface area contributed by atoms with Crippen molar-refractivity contribution in [3.8, 4) is 5.75 Å². The summed E-state index contributed by atoms with van der Waals surface area (Å²) in [4.78, 5) is 27.6. The van der Waals surface area contributed by atoms with Gasteiger partial charge < -0.3 is 5.11 Å². The lowest BCUT2D eigenvalue weighted by Gasteiger charge is -2.31. The maximum atomic E-state index is 13.1. The standard InChI is InChI=1S/C18H23N3O3/c1-20-16-14(15(19-20)11-7-9-13(22)10-8-11)17(23)21(18(16)24)12-5-3-2-4-6-12/h7-10,12,14-16,19,22H,2-6H2,1H3/t14-,15+,16+/m0/s1. The van der Waals surface area contributed by atoms with Crippen LogP contribution in [0.5, 0.6) is 5.75 Å². The second-order valence-electron chi connectivity index (χ2n) is 7.12. The molecule has 128 valence electrons. The molecule has 3 fully saturated rings. The van der Waals surface area contributed by atoms with Crippen molar-refractivity contribution in [2.45, 2.75) is 50.2 Å². The Morgan fingerprint density at radius 3 is 2.38 bits per heavy atom. The molecule has 0 bridgehead atoms. The molecule has 0 spiro atoms. The summed E-state index contributed by atoms with van der Waals surface area (Å²) < 4.78 is 0. The molecule has 0 unspecified atom stereocenters. The smallest absolute Gasteiger partial charge is 0.249 e. The Kier molecular flexibility index (Phi) is 3.81. The number of phenols is 1. The first-order valence-electron chi connectivity index (χ1n) is 8.73. The minimum Gasteiger partial charge on any atom is -0.508 e. The van der Waals surface area contributed by atoms with Crippen molar-refractivity contribution >= 4 is 11.8 Å². The highest BCUT2D eigenvalue weighted by Gasteiger charge is 2.58. The van der Waals surface area contributed by atoms with Gasteiger partial charge in [0.2, 0.25) is 11.8 Å². The van der Waals surface area contributed by atoms with Gasteiger partial charge in [0.1, 0.15) is 11.8 Å². The van der Waals surface area contributed by atoms with E-state index in [1.807, 2.05) is 19.2 Å². The number of hydrogen-bond acceptors (Lipinski definition) is 5. The topological polar surface area (TPSA) is 72.9 Å². The molecule has 2 heterocycles. The molecule has 1 saturated carbocycles. The second-order valence-corrected chi connectivity index (χ2v) is 7.12. The van der Waals surface area contributed by atoms with Gasteiger partial charge in [-0.2, -0.15) is 0 Å². The summed E-state index contributed by atoms with van der Waals surface area (Å²) in [5.41, 5.74) is 4.17. The van der Waals surface area contributed by atoms with Crippen molar-refractivity contribution in [1.29, 1.82) is 0 Å². The number of aromatic hydroxyl groups is 1. The largest absolute Gasteiger partial charge is 0.508 e. The Hall–Kier alpha value is -1.92. The third-order valence-electron chi connectivity index (χ3n) is 5.66. The van der Waals surface area contributed by atoms with Crippen LogP contribution in [0.15, 0.2) is 24.3 Å². The first kappa shape index (κ1) is 15.6. The molecular formula is C18H23N3O3. The molecule has 1 aromatic rings. The van der Waals surface area contributed by atoms with E-state index < -0.39 is 12.0 Å². The first-order valence-corrected chi connectivity index (χ1v) is 8.73. The number of nitrogens with one attached hydrogen (secondary N) is 1. The Labute approximate surface area is 141 Å². The van der Waals surface area contributed by atoms with E-state index in [4.69, 9.17) is 0 Å². The van der Waals surface area contributed by atoms with Gasteiger partial charge in [0.15, 0.2) is 0 Å². The minimum atomic E-state index is -0.432. The molecule has 6 nitrogen and oxygen atoms in total. The quantitative estimate of drug-likeness (QED) is 0.806. The van der Waals surface area contributed by atoms with Crippen LogP contribution in [0.4, 0.5) is 0 Å². The fraction of sp³-hybridized carbons (Fsp3) is 0.556. The van der Waals surface area contributed by atoms with Gasteiger partial charge in [0.05, 0.1) is 12.0 Å². The zero-order valence-electron chi connectivity index (χ0n) is 13.8. The van der Waals surface area contributed by atoms with Crippen LogP contribution in [0, 0.1) is 5.92 Å². The summed E-state index contributed by atoms with van der Waals surface area (Å²) in [6, 6.07) is 6.26. The number of likely N-dealkylation sites (N-methyl/N-ethyl adjacent to an activating group) is 1. The Morgan fingerprint density at radius 1 is 1.04 bits per heavy atom. The molecule has 4 rings (SSSR count). The summed E-state index contributed by atoms with van der Waals surface area (Å²) in [5.74, 6) is -0.312. The molecule has 2 aliphatic heterocycles. The molecule has 1 aromatic carbocycles. The van der Waals surface area contributed by atoms with E-state index in [-0.39, 0.29) is 29.6 Å². The lowest BCUT2D eigenvalue weighted by atomic mass is 9.90. The van der Waals surface area contributed by atoms with Crippen LogP contribution >= 0.6 is 0 Å². The van der Waals surface area contributed by atoms with Crippen molar-refractivity contribution < 1.29 is 14.7 Å². The number of phenolic OH excluding ortho intramolecular Hbond substituents is 1. The van der Waals surface area contributed by atoms with Gasteiger partial charge in [-0.25, -0.2) is 10.4 Å². The predicted octanol–water partition coefficient (Wildman–Crippen LogP) is 1.57. The van der Waals surface area contributed by atoms with E-state index >= 15 is 0 Å². The fourth-order valence-corrected chi connectivity index (χ4v) is 4.47. The average Bonchev–Trinajstić information content (AvgIpc) is 3.06.